The second kappa shape index (κ2) is 6.11. The van der Waals surface area contributed by atoms with E-state index < -0.39 is 4.92 Å². The predicted molar refractivity (Wildman–Crippen MR) is 91.9 cm³/mol. The second-order valence-electron chi connectivity index (χ2n) is 5.40. The van der Waals surface area contributed by atoms with Gasteiger partial charge in [-0.25, -0.2) is 9.97 Å². The van der Waals surface area contributed by atoms with Crippen molar-refractivity contribution < 1.29 is 9.66 Å². The number of rotatable bonds is 4. The number of hydrogen-bond acceptors (Lipinski definition) is 6. The van der Waals surface area contributed by atoms with Crippen LogP contribution in [0.5, 0.6) is 5.75 Å². The van der Waals surface area contributed by atoms with Gasteiger partial charge in [-0.3, -0.25) is 10.1 Å². The van der Waals surface area contributed by atoms with Crippen LogP contribution < -0.4 is 10.1 Å². The normalized spacial score (nSPS) is 10.6. The first-order valence-electron chi connectivity index (χ1n) is 7.32. The molecule has 2 heterocycles. The van der Waals surface area contributed by atoms with E-state index in [0.717, 1.165) is 22.5 Å². The lowest BCUT2D eigenvalue weighted by Gasteiger charge is -2.13. The van der Waals surface area contributed by atoms with Gasteiger partial charge in [-0.15, -0.1) is 0 Å². The Labute approximate surface area is 138 Å². The first-order chi connectivity index (χ1) is 11.5. The summed E-state index contributed by atoms with van der Waals surface area (Å²) in [6.45, 7) is 3.80. The molecule has 122 valence electrons. The van der Waals surface area contributed by atoms with E-state index in [9.17, 15) is 10.1 Å². The van der Waals surface area contributed by atoms with E-state index in [2.05, 4.69) is 15.3 Å². The summed E-state index contributed by atoms with van der Waals surface area (Å²) in [6.07, 6.45) is 0. The van der Waals surface area contributed by atoms with Crippen LogP contribution in [-0.4, -0.2) is 22.0 Å². The van der Waals surface area contributed by atoms with Crippen LogP contribution in [0.3, 0.4) is 0 Å². The summed E-state index contributed by atoms with van der Waals surface area (Å²) in [5, 5.41) is 15.0. The fraction of sp³-hybridized carbons (Fsp3) is 0.176. The molecule has 0 fully saturated rings. The van der Waals surface area contributed by atoms with E-state index in [-0.39, 0.29) is 5.69 Å². The van der Waals surface area contributed by atoms with E-state index in [1.165, 1.54) is 19.2 Å². The first kappa shape index (κ1) is 15.7. The number of non-ortho nitro benzene ring substituents is 1. The first-order valence-corrected chi connectivity index (χ1v) is 7.32. The summed E-state index contributed by atoms with van der Waals surface area (Å²) in [7, 11) is 1.48. The molecule has 24 heavy (non-hydrogen) atoms. The molecular formula is C17H16N4O3. The number of fused-ring (bicyclic) bond motifs is 1. The monoisotopic (exact) mass is 324 g/mol. The summed E-state index contributed by atoms with van der Waals surface area (Å²) >= 11 is 0. The maximum atomic E-state index is 10.9. The molecule has 3 rings (SSSR count). The maximum Gasteiger partial charge on any atom is 0.273 e. The number of anilines is 2. The molecule has 0 aliphatic carbocycles. The number of ether oxygens (including phenoxy) is 1. The number of nitrogens with zero attached hydrogens (tertiary/aromatic N) is 3. The van der Waals surface area contributed by atoms with Crippen LogP contribution in [0.1, 0.15) is 11.4 Å². The Morgan fingerprint density at radius 2 is 1.79 bits per heavy atom. The van der Waals surface area contributed by atoms with Crippen molar-refractivity contribution in [3.05, 3.63) is 57.9 Å². The largest absolute Gasteiger partial charge is 0.494 e. The predicted octanol–water partition coefficient (Wildman–Crippen LogP) is 3.91. The van der Waals surface area contributed by atoms with Gasteiger partial charge in [-0.05, 0) is 38.1 Å². The van der Waals surface area contributed by atoms with Crippen molar-refractivity contribution in [2.75, 3.05) is 12.4 Å². The van der Waals surface area contributed by atoms with Crippen molar-refractivity contribution in [1.29, 1.82) is 0 Å². The minimum Gasteiger partial charge on any atom is -0.494 e. The van der Waals surface area contributed by atoms with Crippen molar-refractivity contribution in [2.45, 2.75) is 13.8 Å². The van der Waals surface area contributed by atoms with Gasteiger partial charge in [0.1, 0.15) is 5.75 Å². The van der Waals surface area contributed by atoms with Gasteiger partial charge in [0.05, 0.1) is 29.5 Å². The van der Waals surface area contributed by atoms with E-state index in [1.54, 1.807) is 6.07 Å². The zero-order valence-corrected chi connectivity index (χ0v) is 13.5. The summed E-state index contributed by atoms with van der Waals surface area (Å²) in [6, 6.07) is 10.2. The standard InChI is InChI=1S/C17H16N4O3/c1-10-4-6-13-15(8-11(2)19-17(13)18-10)20-14-7-5-12(21(22)23)9-16(14)24-3/h4-9H,1-3H3,(H,18,19,20). The summed E-state index contributed by atoms with van der Waals surface area (Å²) in [5.74, 6) is 0.395. The molecule has 0 atom stereocenters. The number of aromatic nitrogens is 2. The molecule has 3 aromatic rings. The average Bonchev–Trinajstić information content (AvgIpc) is 2.54. The molecule has 0 aliphatic rings. The molecule has 0 unspecified atom stereocenters. The van der Waals surface area contributed by atoms with E-state index in [0.29, 0.717) is 17.1 Å². The van der Waals surface area contributed by atoms with Crippen LogP contribution in [0, 0.1) is 24.0 Å². The third-order valence-corrected chi connectivity index (χ3v) is 3.61. The SMILES string of the molecule is COc1cc([N+](=O)[O-])ccc1Nc1cc(C)nc2nc(C)ccc12. The van der Waals surface area contributed by atoms with Crippen LogP contribution in [0.2, 0.25) is 0 Å². The number of nitrogens with one attached hydrogen (secondary N) is 1. The number of aryl methyl sites for hydroxylation is 2. The number of nitro groups is 1. The van der Waals surface area contributed by atoms with Crippen LogP contribution in [0.4, 0.5) is 17.1 Å². The quantitative estimate of drug-likeness (QED) is 0.578. The fourth-order valence-electron chi connectivity index (χ4n) is 2.47. The zero-order chi connectivity index (χ0) is 17.3. The Morgan fingerprint density at radius 1 is 1.04 bits per heavy atom. The van der Waals surface area contributed by atoms with Gasteiger partial charge in [0.15, 0.2) is 5.65 Å². The molecule has 2 aromatic heterocycles. The average molecular weight is 324 g/mol. The minimum absolute atomic E-state index is 0.0227. The molecular weight excluding hydrogens is 308 g/mol. The molecule has 0 aliphatic heterocycles. The molecule has 0 amide bonds. The topological polar surface area (TPSA) is 90.2 Å². The van der Waals surface area contributed by atoms with Gasteiger partial charge in [-0.1, -0.05) is 0 Å². The van der Waals surface area contributed by atoms with Gasteiger partial charge >= 0.3 is 0 Å². The molecule has 0 radical (unpaired) electrons. The highest BCUT2D eigenvalue weighted by molar-refractivity contribution is 5.92. The molecule has 1 aromatic carbocycles. The number of methoxy groups -OCH3 is 1. The molecule has 1 N–H and O–H groups in total. The summed E-state index contributed by atoms with van der Waals surface area (Å²) < 4.78 is 5.27. The van der Waals surface area contributed by atoms with Crippen molar-refractivity contribution in [2.24, 2.45) is 0 Å². The molecule has 0 saturated carbocycles. The van der Waals surface area contributed by atoms with Crippen LogP contribution >= 0.6 is 0 Å². The molecule has 7 heteroatoms. The molecule has 0 bridgehead atoms. The molecule has 0 spiro atoms. The zero-order valence-electron chi connectivity index (χ0n) is 13.5. The van der Waals surface area contributed by atoms with Crippen LogP contribution in [0.15, 0.2) is 36.4 Å². The Balaban J connectivity index is 2.08. The highest BCUT2D eigenvalue weighted by atomic mass is 16.6. The fourth-order valence-corrected chi connectivity index (χ4v) is 2.47. The number of nitro benzene ring substituents is 1. The van der Waals surface area contributed by atoms with Crippen molar-refractivity contribution in [3.8, 4) is 5.75 Å². The number of hydrogen-bond donors (Lipinski definition) is 1. The third-order valence-electron chi connectivity index (χ3n) is 3.61. The van der Waals surface area contributed by atoms with E-state index in [4.69, 9.17) is 4.74 Å². The van der Waals surface area contributed by atoms with Gasteiger partial charge in [0.25, 0.3) is 5.69 Å². The van der Waals surface area contributed by atoms with Crippen LogP contribution in [-0.2, 0) is 0 Å². The van der Waals surface area contributed by atoms with Gasteiger partial charge < -0.3 is 10.1 Å². The van der Waals surface area contributed by atoms with Crippen molar-refractivity contribution in [1.82, 2.24) is 9.97 Å². The molecule has 7 nitrogen and oxygen atoms in total. The van der Waals surface area contributed by atoms with Crippen molar-refractivity contribution >= 4 is 28.1 Å². The lowest BCUT2D eigenvalue weighted by molar-refractivity contribution is -0.384. The van der Waals surface area contributed by atoms with Gasteiger partial charge in [-0.2, -0.15) is 0 Å². The van der Waals surface area contributed by atoms with Gasteiger partial charge in [0, 0.05) is 22.8 Å². The second-order valence-corrected chi connectivity index (χ2v) is 5.40. The van der Waals surface area contributed by atoms with E-state index in [1.807, 2.05) is 32.0 Å². The number of benzene rings is 1. The molecule has 0 saturated heterocycles. The third kappa shape index (κ3) is 2.96. The maximum absolute atomic E-state index is 10.9. The highest BCUT2D eigenvalue weighted by Crippen LogP contribution is 2.33. The summed E-state index contributed by atoms with van der Waals surface area (Å²) in [4.78, 5) is 19.3. The smallest absolute Gasteiger partial charge is 0.273 e. The Hall–Kier alpha value is -3.22. The minimum atomic E-state index is -0.453. The van der Waals surface area contributed by atoms with Gasteiger partial charge in [0.2, 0.25) is 0 Å². The number of pyridine rings is 2. The Bertz CT molecular complexity index is 935. The van der Waals surface area contributed by atoms with Crippen LogP contribution in [0.25, 0.3) is 11.0 Å². The van der Waals surface area contributed by atoms with E-state index >= 15 is 0 Å². The lowest BCUT2D eigenvalue weighted by atomic mass is 10.2. The Kier molecular flexibility index (Phi) is 3.99. The lowest BCUT2D eigenvalue weighted by Crippen LogP contribution is -1.99. The highest BCUT2D eigenvalue weighted by Gasteiger charge is 2.13. The van der Waals surface area contributed by atoms with Crippen molar-refractivity contribution in [3.63, 3.8) is 0 Å². The summed E-state index contributed by atoms with van der Waals surface area (Å²) in [5.41, 5.74) is 3.79. The Morgan fingerprint density at radius 3 is 2.50 bits per heavy atom.